The lowest BCUT2D eigenvalue weighted by molar-refractivity contribution is -0.138. The molecule has 5 aliphatic rings. The van der Waals surface area contributed by atoms with Gasteiger partial charge in [0, 0.05) is 42.8 Å². The molecule has 0 radical (unpaired) electrons. The van der Waals surface area contributed by atoms with Gasteiger partial charge in [-0.15, -0.1) is 0 Å². The van der Waals surface area contributed by atoms with Crippen LogP contribution in [0, 0.1) is 30.1 Å². The molecule has 3 amide bonds. The Morgan fingerprint density at radius 1 is 1.13 bits per heavy atom. The van der Waals surface area contributed by atoms with Gasteiger partial charge in [-0.1, -0.05) is 6.07 Å². The van der Waals surface area contributed by atoms with Crippen molar-refractivity contribution in [2.75, 3.05) is 24.7 Å². The molecular weight excluding hydrogens is 589 g/mol. The van der Waals surface area contributed by atoms with Gasteiger partial charge in [0.05, 0.1) is 17.7 Å². The second kappa shape index (κ2) is 10.9. The van der Waals surface area contributed by atoms with Gasteiger partial charge in [-0.05, 0) is 81.9 Å². The lowest BCUT2D eigenvalue weighted by Gasteiger charge is -2.39. The maximum absolute atomic E-state index is 14.4. The van der Waals surface area contributed by atoms with Crippen molar-refractivity contribution < 1.29 is 32.3 Å². The molecule has 5 atom stereocenters. The quantitative estimate of drug-likeness (QED) is 0.511. The van der Waals surface area contributed by atoms with E-state index in [2.05, 4.69) is 11.4 Å². The van der Waals surface area contributed by atoms with Crippen molar-refractivity contribution >= 4 is 23.5 Å². The van der Waals surface area contributed by atoms with Gasteiger partial charge in [-0.2, -0.15) is 23.5 Å². The number of likely N-dealkylation sites (N-methyl/N-ethyl adjacent to an activating group) is 1. The van der Waals surface area contributed by atoms with Crippen LogP contribution in [0.5, 0.6) is 0 Å². The largest absolute Gasteiger partial charge is 0.416 e. The minimum atomic E-state index is -4.64. The third-order valence-corrected chi connectivity index (χ3v) is 10.2. The summed E-state index contributed by atoms with van der Waals surface area (Å²) in [6.45, 7) is 4.30. The third-order valence-electron chi connectivity index (χ3n) is 10.2. The number of halogens is 3. The molecule has 0 bridgehead atoms. The summed E-state index contributed by atoms with van der Waals surface area (Å²) in [7, 11) is 0. The van der Waals surface area contributed by atoms with Crippen LogP contribution in [0.4, 0.5) is 19.0 Å². The van der Waals surface area contributed by atoms with Crippen LogP contribution in [0.1, 0.15) is 94.9 Å². The minimum Gasteiger partial charge on any atom is -0.381 e. The Bertz CT molecular complexity index is 1600. The summed E-state index contributed by atoms with van der Waals surface area (Å²) >= 11 is 0. The highest BCUT2D eigenvalue weighted by atomic mass is 19.4. The highest BCUT2D eigenvalue weighted by molar-refractivity contribution is 6.07. The highest BCUT2D eigenvalue weighted by Crippen LogP contribution is 2.53. The molecule has 2 saturated carbocycles. The SMILES string of the molecule is CCN1C(=O)[C@@H](NC(=O)c2cccc(C(F)(F)F)c2C)[C@@H](C2CC2)c2c(C(=O)N3[C@H](C#N)C[C@H]4C[C@H]43)nn(C3CCOCC3)c21. The Morgan fingerprint density at radius 2 is 1.87 bits per heavy atom. The molecule has 1 aromatic carbocycles. The predicted octanol–water partition coefficient (Wildman–Crippen LogP) is 4.35. The number of alkyl halides is 3. The van der Waals surface area contributed by atoms with Crippen LogP contribution in [0.25, 0.3) is 0 Å². The maximum atomic E-state index is 14.4. The van der Waals surface area contributed by atoms with E-state index < -0.39 is 35.6 Å². The monoisotopic (exact) mass is 624 g/mol. The second-order valence-corrected chi connectivity index (χ2v) is 12.9. The highest BCUT2D eigenvalue weighted by Gasteiger charge is 2.57. The second-order valence-electron chi connectivity index (χ2n) is 12.9. The third kappa shape index (κ3) is 4.88. The van der Waals surface area contributed by atoms with Crippen LogP contribution in [0.3, 0.4) is 0 Å². The van der Waals surface area contributed by atoms with Gasteiger partial charge in [0.2, 0.25) is 0 Å². The zero-order valence-electron chi connectivity index (χ0n) is 25.1. The molecule has 1 aromatic heterocycles. The Morgan fingerprint density at radius 3 is 2.51 bits per heavy atom. The van der Waals surface area contributed by atoms with Crippen LogP contribution in [0.2, 0.25) is 0 Å². The fourth-order valence-electron chi connectivity index (χ4n) is 7.76. The molecule has 1 N–H and O–H groups in total. The van der Waals surface area contributed by atoms with E-state index in [-0.39, 0.29) is 53.2 Å². The number of amides is 3. The van der Waals surface area contributed by atoms with Gasteiger partial charge in [0.1, 0.15) is 17.9 Å². The van der Waals surface area contributed by atoms with Crippen molar-refractivity contribution in [3.05, 3.63) is 46.1 Å². The summed E-state index contributed by atoms with van der Waals surface area (Å²) in [6.07, 6.45) is -0.355. The van der Waals surface area contributed by atoms with E-state index in [0.717, 1.165) is 25.3 Å². The van der Waals surface area contributed by atoms with Crippen molar-refractivity contribution in [1.29, 1.82) is 5.26 Å². The molecule has 0 unspecified atom stereocenters. The van der Waals surface area contributed by atoms with Crippen LogP contribution in [-0.2, 0) is 15.7 Å². The molecule has 45 heavy (non-hydrogen) atoms. The fraction of sp³-hybridized carbons (Fsp3) is 0.594. The number of ether oxygens (including phenoxy) is 1. The number of nitrogens with zero attached hydrogens (tertiary/aromatic N) is 5. The van der Waals surface area contributed by atoms with Crippen LogP contribution in [0.15, 0.2) is 18.2 Å². The van der Waals surface area contributed by atoms with Gasteiger partial charge in [0.15, 0.2) is 5.69 Å². The first-order valence-corrected chi connectivity index (χ1v) is 15.8. The molecular formula is C32H35F3N6O4. The number of carbonyl (C=O) groups is 3. The lowest BCUT2D eigenvalue weighted by Crippen LogP contribution is -2.56. The Labute approximate surface area is 258 Å². The molecule has 0 spiro atoms. The van der Waals surface area contributed by atoms with E-state index >= 15 is 0 Å². The van der Waals surface area contributed by atoms with Crippen molar-refractivity contribution in [2.45, 2.75) is 88.6 Å². The average Bonchev–Trinajstić information content (AvgIpc) is 3.94. The van der Waals surface area contributed by atoms with Gasteiger partial charge < -0.3 is 15.0 Å². The molecule has 2 saturated heterocycles. The Kier molecular flexibility index (Phi) is 7.18. The number of hydrogen-bond acceptors (Lipinski definition) is 6. The number of rotatable bonds is 6. The van der Waals surface area contributed by atoms with Crippen LogP contribution >= 0.6 is 0 Å². The fourth-order valence-corrected chi connectivity index (χ4v) is 7.76. The van der Waals surface area contributed by atoms with Gasteiger partial charge in [0.25, 0.3) is 17.7 Å². The predicted molar refractivity (Wildman–Crippen MR) is 154 cm³/mol. The number of carbonyl (C=O) groups excluding carboxylic acids is 3. The number of nitrogens with one attached hydrogen (secondary N) is 1. The Hall–Kier alpha value is -3.92. The van der Waals surface area contributed by atoms with Crippen LogP contribution in [-0.4, -0.2) is 70.3 Å². The zero-order valence-corrected chi connectivity index (χ0v) is 25.1. The van der Waals surface area contributed by atoms with E-state index in [0.29, 0.717) is 49.8 Å². The summed E-state index contributed by atoms with van der Waals surface area (Å²) < 4.78 is 48.4. The summed E-state index contributed by atoms with van der Waals surface area (Å²) in [5.41, 5.74) is -0.517. The van der Waals surface area contributed by atoms with Crippen molar-refractivity contribution in [1.82, 2.24) is 20.0 Å². The molecule has 7 rings (SSSR count). The lowest BCUT2D eigenvalue weighted by atomic mass is 9.82. The normalized spacial score (nSPS) is 28.0. The van der Waals surface area contributed by atoms with Crippen LogP contribution < -0.4 is 10.2 Å². The van der Waals surface area contributed by atoms with Crippen molar-refractivity contribution in [3.63, 3.8) is 0 Å². The van der Waals surface area contributed by atoms with Crippen molar-refractivity contribution in [2.24, 2.45) is 11.8 Å². The Balaban J connectivity index is 1.34. The molecule has 3 aliphatic heterocycles. The van der Waals surface area contributed by atoms with E-state index in [1.165, 1.54) is 19.1 Å². The summed E-state index contributed by atoms with van der Waals surface area (Å²) in [5.74, 6) is -1.31. The van der Waals surface area contributed by atoms with Crippen molar-refractivity contribution in [3.8, 4) is 6.07 Å². The smallest absolute Gasteiger partial charge is 0.381 e. The molecule has 10 nitrogen and oxygen atoms in total. The molecule has 238 valence electrons. The molecule has 2 aliphatic carbocycles. The summed E-state index contributed by atoms with van der Waals surface area (Å²) in [4.78, 5) is 45.5. The average molecular weight is 625 g/mol. The summed E-state index contributed by atoms with van der Waals surface area (Å²) in [5, 5.41) is 17.6. The number of fused-ring (bicyclic) bond motifs is 2. The number of hydrogen-bond donors (Lipinski definition) is 1. The number of aromatic nitrogens is 2. The van der Waals surface area contributed by atoms with E-state index in [9.17, 15) is 32.8 Å². The molecule has 4 heterocycles. The molecule has 4 fully saturated rings. The maximum Gasteiger partial charge on any atom is 0.416 e. The van der Waals surface area contributed by atoms with E-state index in [4.69, 9.17) is 9.84 Å². The summed E-state index contributed by atoms with van der Waals surface area (Å²) in [6, 6.07) is 3.91. The first-order valence-electron chi connectivity index (χ1n) is 15.8. The number of benzene rings is 1. The number of anilines is 1. The van der Waals surface area contributed by atoms with Gasteiger partial charge in [-0.3, -0.25) is 19.3 Å². The standard InChI is InChI=1S/C32H35F3N6O4/c1-3-39-29-25(27(38-41(29)19-9-11-45-12-10-19)31(44)40-20(15-36)13-18-14-23(18)40)24(17-7-8-17)26(30(39)43)37-28(42)21-5-4-6-22(16(21)2)32(33,34)35/h4-6,17-20,23-24,26H,3,7-14H2,1-2H3,(H,37,42)/t18-,20-,23+,24-,26-/m0/s1. The molecule has 2 aromatic rings. The van der Waals surface area contributed by atoms with E-state index in [1.54, 1.807) is 21.4 Å². The van der Waals surface area contributed by atoms with Gasteiger partial charge >= 0.3 is 6.18 Å². The number of piperidine rings is 1. The van der Waals surface area contributed by atoms with E-state index in [1.807, 2.05) is 0 Å². The topological polar surface area (TPSA) is 121 Å². The number of likely N-dealkylation sites (tertiary alicyclic amines) is 1. The first kappa shape index (κ1) is 29.8. The van der Waals surface area contributed by atoms with Gasteiger partial charge in [-0.25, -0.2) is 4.68 Å². The minimum absolute atomic E-state index is 0.0164. The number of nitriles is 1. The molecule has 13 heteroatoms. The zero-order chi connectivity index (χ0) is 31.8. The first-order chi connectivity index (χ1) is 21.5.